The molecule has 0 aliphatic carbocycles. The number of hydrogen-bond donors (Lipinski definition) is 1. The number of furan rings is 1. The highest BCUT2D eigenvalue weighted by Gasteiger charge is 2.05. The molecule has 4 nitrogen and oxygen atoms in total. The molecule has 2 aromatic carbocycles. The number of phenols is 1. The Morgan fingerprint density at radius 1 is 1.08 bits per heavy atom. The van der Waals surface area contributed by atoms with Crippen LogP contribution in [-0.2, 0) is 0 Å². The maximum Gasteiger partial charge on any atom is 0.159 e. The van der Waals surface area contributed by atoms with E-state index in [1.807, 2.05) is 31.2 Å². The molecule has 0 atom stereocenters. The number of ketones is 1. The molecular weight excluding hydrogens is 302 g/mol. The van der Waals surface area contributed by atoms with E-state index in [0.717, 1.165) is 16.8 Å². The van der Waals surface area contributed by atoms with Gasteiger partial charge in [-0.3, -0.25) is 9.79 Å². The summed E-state index contributed by atoms with van der Waals surface area (Å²) in [5.41, 5.74) is 3.24. The minimum absolute atomic E-state index is 0.0399. The molecule has 0 radical (unpaired) electrons. The van der Waals surface area contributed by atoms with Crippen molar-refractivity contribution in [2.24, 2.45) is 4.99 Å². The van der Waals surface area contributed by atoms with E-state index in [4.69, 9.17) is 4.42 Å². The normalized spacial score (nSPS) is 11.1. The molecule has 0 saturated carbocycles. The lowest BCUT2D eigenvalue weighted by molar-refractivity contribution is 0.101. The summed E-state index contributed by atoms with van der Waals surface area (Å²) in [4.78, 5) is 15.7. The summed E-state index contributed by atoms with van der Waals surface area (Å²) < 4.78 is 5.77. The second kappa shape index (κ2) is 6.54. The topological polar surface area (TPSA) is 62.8 Å². The third-order valence-corrected chi connectivity index (χ3v) is 3.71. The van der Waals surface area contributed by atoms with Crippen molar-refractivity contribution in [3.05, 3.63) is 71.5 Å². The van der Waals surface area contributed by atoms with E-state index in [0.29, 0.717) is 17.1 Å². The second-order valence-electron chi connectivity index (χ2n) is 5.56. The summed E-state index contributed by atoms with van der Waals surface area (Å²) in [5, 5.41) is 9.41. The van der Waals surface area contributed by atoms with Gasteiger partial charge in [-0.25, -0.2) is 0 Å². The van der Waals surface area contributed by atoms with Crippen LogP contribution in [0.2, 0.25) is 0 Å². The zero-order chi connectivity index (χ0) is 17.1. The Kier molecular flexibility index (Phi) is 4.29. The lowest BCUT2D eigenvalue weighted by Crippen LogP contribution is -1.90. The number of aromatic hydroxyl groups is 1. The van der Waals surface area contributed by atoms with Crippen LogP contribution in [0.3, 0.4) is 0 Å². The van der Waals surface area contributed by atoms with Crippen molar-refractivity contribution < 1.29 is 14.3 Å². The average Bonchev–Trinajstić information content (AvgIpc) is 3.03. The Hall–Kier alpha value is -3.14. The molecule has 1 heterocycles. The van der Waals surface area contributed by atoms with Crippen LogP contribution < -0.4 is 0 Å². The van der Waals surface area contributed by atoms with Crippen LogP contribution in [0, 0.1) is 6.92 Å². The van der Waals surface area contributed by atoms with Crippen molar-refractivity contribution in [1.29, 1.82) is 0 Å². The monoisotopic (exact) mass is 319 g/mol. The summed E-state index contributed by atoms with van der Waals surface area (Å²) in [6.45, 7) is 3.43. The summed E-state index contributed by atoms with van der Waals surface area (Å²) in [5.74, 6) is 1.61. The van der Waals surface area contributed by atoms with Gasteiger partial charge in [0.1, 0.15) is 17.3 Å². The highest BCUT2D eigenvalue weighted by atomic mass is 16.3. The highest BCUT2D eigenvalue weighted by molar-refractivity contribution is 5.94. The van der Waals surface area contributed by atoms with Gasteiger partial charge >= 0.3 is 0 Å². The van der Waals surface area contributed by atoms with Gasteiger partial charge in [-0.1, -0.05) is 24.3 Å². The van der Waals surface area contributed by atoms with Crippen LogP contribution in [0.15, 0.2) is 64.0 Å². The lowest BCUT2D eigenvalue weighted by Gasteiger charge is -2.00. The first kappa shape index (κ1) is 15.7. The van der Waals surface area contributed by atoms with Crippen LogP contribution in [0.5, 0.6) is 5.75 Å². The van der Waals surface area contributed by atoms with Gasteiger partial charge in [0.2, 0.25) is 0 Å². The fraction of sp³-hybridized carbons (Fsp3) is 0.100. The number of carbonyl (C=O) groups excluding carboxylic acids is 1. The van der Waals surface area contributed by atoms with Crippen LogP contribution >= 0.6 is 0 Å². The van der Waals surface area contributed by atoms with Gasteiger partial charge < -0.3 is 9.52 Å². The van der Waals surface area contributed by atoms with Gasteiger partial charge in [-0.05, 0) is 49.7 Å². The van der Waals surface area contributed by atoms with Crippen molar-refractivity contribution >= 4 is 17.7 Å². The maximum atomic E-state index is 11.3. The fourth-order valence-corrected chi connectivity index (χ4v) is 2.36. The quantitative estimate of drug-likeness (QED) is 0.549. The number of Topliss-reactive ketones (excluding diaryl/α,β-unsaturated/α-hetero) is 1. The number of benzene rings is 2. The van der Waals surface area contributed by atoms with Crippen molar-refractivity contribution in [1.82, 2.24) is 0 Å². The van der Waals surface area contributed by atoms with Crippen LogP contribution in [-0.4, -0.2) is 17.1 Å². The summed E-state index contributed by atoms with van der Waals surface area (Å²) in [7, 11) is 0. The molecule has 0 aliphatic rings. The Bertz CT molecular complexity index is 905. The van der Waals surface area contributed by atoms with Crippen LogP contribution in [0.1, 0.15) is 28.6 Å². The molecule has 0 bridgehead atoms. The minimum Gasteiger partial charge on any atom is -0.508 e. The molecule has 3 aromatic rings. The molecule has 0 amide bonds. The molecule has 3 rings (SSSR count). The molecule has 0 aliphatic heterocycles. The molecule has 120 valence electrons. The van der Waals surface area contributed by atoms with E-state index in [1.54, 1.807) is 43.5 Å². The lowest BCUT2D eigenvalue weighted by atomic mass is 10.1. The molecule has 1 N–H and O–H groups in total. The Labute approximate surface area is 140 Å². The van der Waals surface area contributed by atoms with E-state index in [9.17, 15) is 9.90 Å². The standard InChI is InChI=1S/C20H17NO3/c1-13-11-17(23)7-9-19(13)21-12-18-8-10-20(24-18)16-5-3-15(4-6-16)14(2)22/h3-12,23H,1-2H3. The minimum atomic E-state index is 0.0399. The first-order chi connectivity index (χ1) is 11.5. The number of nitrogens with zero attached hydrogens (tertiary/aromatic N) is 1. The van der Waals surface area contributed by atoms with Crippen molar-refractivity contribution in [3.8, 4) is 17.1 Å². The number of rotatable bonds is 4. The predicted molar refractivity (Wildman–Crippen MR) is 94.2 cm³/mol. The summed E-state index contributed by atoms with van der Waals surface area (Å²) >= 11 is 0. The zero-order valence-electron chi connectivity index (χ0n) is 13.5. The number of phenolic OH excluding ortho intramolecular Hbond substituents is 1. The first-order valence-corrected chi connectivity index (χ1v) is 7.58. The van der Waals surface area contributed by atoms with Crippen LogP contribution in [0.4, 0.5) is 5.69 Å². The SMILES string of the molecule is CC(=O)c1ccc(-c2ccc(C=Nc3ccc(O)cc3C)o2)cc1. The maximum absolute atomic E-state index is 11.3. The van der Waals surface area contributed by atoms with Gasteiger partial charge in [0.15, 0.2) is 5.78 Å². The third-order valence-electron chi connectivity index (χ3n) is 3.71. The van der Waals surface area contributed by atoms with E-state index < -0.39 is 0 Å². The van der Waals surface area contributed by atoms with Crippen molar-refractivity contribution in [2.45, 2.75) is 13.8 Å². The average molecular weight is 319 g/mol. The molecule has 0 unspecified atom stereocenters. The fourth-order valence-electron chi connectivity index (χ4n) is 2.36. The van der Waals surface area contributed by atoms with E-state index in [2.05, 4.69) is 4.99 Å². The van der Waals surface area contributed by atoms with Gasteiger partial charge in [0, 0.05) is 11.1 Å². The number of aliphatic imine (C=N–C) groups is 1. The Morgan fingerprint density at radius 3 is 2.50 bits per heavy atom. The summed E-state index contributed by atoms with van der Waals surface area (Å²) in [6, 6.07) is 16.0. The smallest absolute Gasteiger partial charge is 0.159 e. The van der Waals surface area contributed by atoms with Gasteiger partial charge in [-0.15, -0.1) is 0 Å². The van der Waals surface area contributed by atoms with Gasteiger partial charge in [-0.2, -0.15) is 0 Å². The molecular formula is C20H17NO3. The molecule has 4 heteroatoms. The summed E-state index contributed by atoms with van der Waals surface area (Å²) in [6.07, 6.45) is 1.65. The van der Waals surface area contributed by atoms with Crippen molar-refractivity contribution in [2.75, 3.05) is 0 Å². The van der Waals surface area contributed by atoms with E-state index in [1.165, 1.54) is 0 Å². The second-order valence-corrected chi connectivity index (χ2v) is 5.56. The largest absolute Gasteiger partial charge is 0.508 e. The molecule has 1 aromatic heterocycles. The molecule has 24 heavy (non-hydrogen) atoms. The molecule has 0 fully saturated rings. The van der Waals surface area contributed by atoms with E-state index >= 15 is 0 Å². The number of hydrogen-bond acceptors (Lipinski definition) is 4. The van der Waals surface area contributed by atoms with E-state index in [-0.39, 0.29) is 11.5 Å². The Balaban J connectivity index is 1.80. The highest BCUT2D eigenvalue weighted by Crippen LogP contribution is 2.25. The zero-order valence-corrected chi connectivity index (χ0v) is 13.5. The third kappa shape index (κ3) is 3.43. The number of aryl methyl sites for hydroxylation is 1. The van der Waals surface area contributed by atoms with Crippen molar-refractivity contribution in [3.63, 3.8) is 0 Å². The van der Waals surface area contributed by atoms with Crippen LogP contribution in [0.25, 0.3) is 11.3 Å². The Morgan fingerprint density at radius 2 is 1.83 bits per heavy atom. The van der Waals surface area contributed by atoms with Gasteiger partial charge in [0.25, 0.3) is 0 Å². The number of carbonyl (C=O) groups is 1. The molecule has 0 saturated heterocycles. The predicted octanol–water partition coefficient (Wildman–Crippen LogP) is 4.91. The first-order valence-electron chi connectivity index (χ1n) is 7.58. The van der Waals surface area contributed by atoms with Gasteiger partial charge in [0.05, 0.1) is 11.9 Å². The molecule has 0 spiro atoms.